The first-order chi connectivity index (χ1) is 7.74. The normalized spacial score (nSPS) is 22.9. The third-order valence-electron chi connectivity index (χ3n) is 3.65. The van der Waals surface area contributed by atoms with E-state index in [0.717, 1.165) is 19.6 Å². The fourth-order valence-corrected chi connectivity index (χ4v) is 2.73. The molecule has 2 unspecified atom stereocenters. The van der Waals surface area contributed by atoms with Crippen molar-refractivity contribution in [3.8, 4) is 0 Å². The lowest BCUT2D eigenvalue weighted by Gasteiger charge is -2.33. The molecule has 16 heavy (non-hydrogen) atoms. The van der Waals surface area contributed by atoms with Gasteiger partial charge in [-0.3, -0.25) is 9.58 Å². The predicted molar refractivity (Wildman–Crippen MR) is 65.3 cm³/mol. The predicted octanol–water partition coefficient (Wildman–Crippen LogP) is 1.16. The van der Waals surface area contributed by atoms with Crippen LogP contribution in [0.5, 0.6) is 0 Å². The van der Waals surface area contributed by atoms with Gasteiger partial charge in [-0.1, -0.05) is 6.92 Å². The van der Waals surface area contributed by atoms with E-state index in [9.17, 15) is 0 Å². The van der Waals surface area contributed by atoms with Crippen LogP contribution in [0.2, 0.25) is 0 Å². The Morgan fingerprint density at radius 2 is 2.50 bits per heavy atom. The van der Waals surface area contributed by atoms with Gasteiger partial charge in [-0.25, -0.2) is 0 Å². The molecule has 1 N–H and O–H groups in total. The molecule has 4 nitrogen and oxygen atoms in total. The molecule has 0 amide bonds. The molecule has 0 aromatic carbocycles. The molecule has 1 saturated heterocycles. The fourth-order valence-electron chi connectivity index (χ4n) is 2.73. The van der Waals surface area contributed by atoms with E-state index < -0.39 is 0 Å². The maximum absolute atomic E-state index is 4.26. The summed E-state index contributed by atoms with van der Waals surface area (Å²) < 4.78 is 1.98. The monoisotopic (exact) mass is 222 g/mol. The average Bonchev–Trinajstić information content (AvgIpc) is 2.90. The molecular weight excluding hydrogens is 200 g/mol. The smallest absolute Gasteiger partial charge is 0.0549 e. The highest BCUT2D eigenvalue weighted by molar-refractivity contribution is 5.06. The van der Waals surface area contributed by atoms with Crippen molar-refractivity contribution in [2.24, 2.45) is 7.05 Å². The van der Waals surface area contributed by atoms with Crippen molar-refractivity contribution in [2.75, 3.05) is 19.6 Å². The summed E-state index contributed by atoms with van der Waals surface area (Å²) in [5, 5.41) is 7.69. The van der Waals surface area contributed by atoms with Gasteiger partial charge >= 0.3 is 0 Å². The van der Waals surface area contributed by atoms with E-state index in [1.54, 1.807) is 0 Å². The van der Waals surface area contributed by atoms with E-state index in [4.69, 9.17) is 0 Å². The SMILES string of the molecule is CCN(C1CCNC1)C(C)c1ccnn1C. The van der Waals surface area contributed by atoms with Gasteiger partial charge in [-0.15, -0.1) is 0 Å². The van der Waals surface area contributed by atoms with E-state index in [2.05, 4.69) is 35.2 Å². The summed E-state index contributed by atoms with van der Waals surface area (Å²) in [4.78, 5) is 2.57. The van der Waals surface area contributed by atoms with Crippen molar-refractivity contribution in [1.82, 2.24) is 20.0 Å². The lowest BCUT2D eigenvalue weighted by Crippen LogP contribution is -2.39. The summed E-state index contributed by atoms with van der Waals surface area (Å²) in [5.74, 6) is 0. The van der Waals surface area contributed by atoms with Gasteiger partial charge in [0.15, 0.2) is 0 Å². The minimum atomic E-state index is 0.447. The second kappa shape index (κ2) is 4.97. The van der Waals surface area contributed by atoms with Crippen LogP contribution in [0.4, 0.5) is 0 Å². The maximum atomic E-state index is 4.26. The lowest BCUT2D eigenvalue weighted by atomic mass is 10.1. The standard InChI is InChI=1S/C12H22N4/c1-4-16(11-5-7-13-9-11)10(2)12-6-8-14-15(12)3/h6,8,10-11,13H,4-5,7,9H2,1-3H3. The largest absolute Gasteiger partial charge is 0.315 e. The summed E-state index contributed by atoms with van der Waals surface area (Å²) >= 11 is 0. The Kier molecular flexibility index (Phi) is 3.61. The van der Waals surface area contributed by atoms with Crippen LogP contribution < -0.4 is 5.32 Å². The molecule has 1 aromatic rings. The summed E-state index contributed by atoms with van der Waals surface area (Å²) in [6.07, 6.45) is 3.14. The van der Waals surface area contributed by atoms with Crippen LogP contribution in [0.25, 0.3) is 0 Å². The average molecular weight is 222 g/mol. The Morgan fingerprint density at radius 1 is 1.69 bits per heavy atom. The summed E-state index contributed by atoms with van der Waals surface area (Å²) in [7, 11) is 2.02. The van der Waals surface area contributed by atoms with Gasteiger partial charge in [-0.2, -0.15) is 5.10 Å². The minimum Gasteiger partial charge on any atom is -0.315 e. The van der Waals surface area contributed by atoms with Crippen LogP contribution in [0.1, 0.15) is 32.0 Å². The van der Waals surface area contributed by atoms with Crippen molar-refractivity contribution in [3.05, 3.63) is 18.0 Å². The van der Waals surface area contributed by atoms with Crippen LogP contribution in [-0.4, -0.2) is 40.4 Å². The van der Waals surface area contributed by atoms with Crippen molar-refractivity contribution in [3.63, 3.8) is 0 Å². The Morgan fingerprint density at radius 3 is 3.00 bits per heavy atom. The van der Waals surface area contributed by atoms with Crippen molar-refractivity contribution < 1.29 is 0 Å². The molecule has 0 aliphatic carbocycles. The summed E-state index contributed by atoms with van der Waals surface area (Å²) in [5.41, 5.74) is 1.30. The molecule has 2 heterocycles. The van der Waals surface area contributed by atoms with Crippen molar-refractivity contribution >= 4 is 0 Å². The number of likely N-dealkylation sites (N-methyl/N-ethyl adjacent to an activating group) is 1. The number of aryl methyl sites for hydroxylation is 1. The number of nitrogens with zero attached hydrogens (tertiary/aromatic N) is 3. The van der Waals surface area contributed by atoms with E-state index in [1.165, 1.54) is 12.1 Å². The van der Waals surface area contributed by atoms with Crippen molar-refractivity contribution in [1.29, 1.82) is 0 Å². The molecule has 1 aliphatic heterocycles. The highest BCUT2D eigenvalue weighted by atomic mass is 15.3. The van der Waals surface area contributed by atoms with E-state index in [-0.39, 0.29) is 0 Å². The maximum Gasteiger partial charge on any atom is 0.0549 e. The first kappa shape index (κ1) is 11.6. The van der Waals surface area contributed by atoms with E-state index in [0.29, 0.717) is 12.1 Å². The molecular formula is C12H22N4. The molecule has 1 aliphatic rings. The van der Waals surface area contributed by atoms with Gasteiger partial charge in [-0.05, 0) is 32.5 Å². The molecule has 1 aromatic heterocycles. The number of hydrogen-bond donors (Lipinski definition) is 1. The third-order valence-corrected chi connectivity index (χ3v) is 3.65. The Bertz CT molecular complexity index is 328. The Balaban J connectivity index is 2.11. The summed E-state index contributed by atoms with van der Waals surface area (Å²) in [6.45, 7) is 7.89. The van der Waals surface area contributed by atoms with Gasteiger partial charge in [0, 0.05) is 31.9 Å². The van der Waals surface area contributed by atoms with Crippen LogP contribution in [0.15, 0.2) is 12.3 Å². The lowest BCUT2D eigenvalue weighted by molar-refractivity contribution is 0.157. The number of hydrogen-bond acceptors (Lipinski definition) is 3. The highest BCUT2D eigenvalue weighted by Crippen LogP contribution is 2.23. The van der Waals surface area contributed by atoms with Crippen LogP contribution >= 0.6 is 0 Å². The molecule has 2 atom stereocenters. The zero-order valence-electron chi connectivity index (χ0n) is 10.5. The van der Waals surface area contributed by atoms with Gasteiger partial charge in [0.05, 0.1) is 5.69 Å². The van der Waals surface area contributed by atoms with Gasteiger partial charge in [0.1, 0.15) is 0 Å². The van der Waals surface area contributed by atoms with Crippen molar-refractivity contribution in [2.45, 2.75) is 32.4 Å². The topological polar surface area (TPSA) is 33.1 Å². The van der Waals surface area contributed by atoms with Crippen LogP contribution in [0, 0.1) is 0 Å². The zero-order valence-corrected chi connectivity index (χ0v) is 10.5. The van der Waals surface area contributed by atoms with Gasteiger partial charge < -0.3 is 5.32 Å². The van der Waals surface area contributed by atoms with Crippen LogP contribution in [0.3, 0.4) is 0 Å². The first-order valence-electron chi connectivity index (χ1n) is 6.18. The first-order valence-corrected chi connectivity index (χ1v) is 6.18. The molecule has 90 valence electrons. The third kappa shape index (κ3) is 2.13. The van der Waals surface area contributed by atoms with E-state index >= 15 is 0 Å². The molecule has 1 fully saturated rings. The van der Waals surface area contributed by atoms with Gasteiger partial charge in [0.2, 0.25) is 0 Å². The fraction of sp³-hybridized carbons (Fsp3) is 0.750. The molecule has 2 rings (SSSR count). The molecule has 4 heteroatoms. The Labute approximate surface area is 97.6 Å². The van der Waals surface area contributed by atoms with Gasteiger partial charge in [0.25, 0.3) is 0 Å². The quantitative estimate of drug-likeness (QED) is 0.830. The minimum absolute atomic E-state index is 0.447. The number of nitrogens with one attached hydrogen (secondary N) is 1. The van der Waals surface area contributed by atoms with Crippen LogP contribution in [-0.2, 0) is 7.05 Å². The van der Waals surface area contributed by atoms with E-state index in [1.807, 2.05) is 17.9 Å². The summed E-state index contributed by atoms with van der Waals surface area (Å²) in [6, 6.07) is 3.24. The number of aromatic nitrogens is 2. The Hall–Kier alpha value is -0.870. The molecule has 0 bridgehead atoms. The molecule has 0 saturated carbocycles. The number of rotatable bonds is 4. The second-order valence-electron chi connectivity index (χ2n) is 4.53. The second-order valence-corrected chi connectivity index (χ2v) is 4.53. The molecule has 0 spiro atoms. The molecule has 0 radical (unpaired) electrons. The highest BCUT2D eigenvalue weighted by Gasteiger charge is 2.26. The zero-order chi connectivity index (χ0) is 11.5.